The summed E-state index contributed by atoms with van der Waals surface area (Å²) in [5, 5.41) is 0.453. The number of rotatable bonds is 3. The van der Waals surface area contributed by atoms with Gasteiger partial charge < -0.3 is 4.74 Å². The van der Waals surface area contributed by atoms with Crippen LogP contribution in [0, 0.1) is 12.8 Å². The smallest absolute Gasteiger partial charge is 0.220 e. The number of nitrogens with zero attached hydrogens (tertiary/aromatic N) is 2. The highest BCUT2D eigenvalue weighted by atomic mass is 35.5. The van der Waals surface area contributed by atoms with E-state index in [0.717, 1.165) is 5.56 Å². The predicted octanol–water partition coefficient (Wildman–Crippen LogP) is 2.47. The second kappa shape index (κ2) is 4.42. The number of aromatic nitrogens is 2. The third-order valence-corrected chi connectivity index (χ3v) is 1.91. The zero-order chi connectivity index (χ0) is 9.84. The van der Waals surface area contributed by atoms with E-state index >= 15 is 0 Å². The molecule has 1 aromatic rings. The highest BCUT2D eigenvalue weighted by Crippen LogP contribution is 2.20. The molecule has 0 N–H and O–H groups in total. The van der Waals surface area contributed by atoms with Gasteiger partial charge in [0.15, 0.2) is 0 Å². The van der Waals surface area contributed by atoms with Crippen LogP contribution in [0.2, 0.25) is 5.15 Å². The van der Waals surface area contributed by atoms with Crippen molar-refractivity contribution in [3.63, 3.8) is 0 Å². The SMILES string of the molecule is Cc1c(Cl)ncnc1OCC(C)C. The summed E-state index contributed by atoms with van der Waals surface area (Å²) in [6, 6.07) is 0. The van der Waals surface area contributed by atoms with Gasteiger partial charge in [-0.3, -0.25) is 0 Å². The third-order valence-electron chi connectivity index (χ3n) is 1.53. The summed E-state index contributed by atoms with van der Waals surface area (Å²) in [7, 11) is 0. The minimum atomic E-state index is 0.453. The molecule has 0 spiro atoms. The van der Waals surface area contributed by atoms with Crippen LogP contribution in [0.4, 0.5) is 0 Å². The Labute approximate surface area is 83.1 Å². The Morgan fingerprint density at radius 3 is 2.77 bits per heavy atom. The monoisotopic (exact) mass is 200 g/mol. The van der Waals surface area contributed by atoms with Crippen LogP contribution in [-0.2, 0) is 0 Å². The van der Waals surface area contributed by atoms with Gasteiger partial charge in [-0.2, -0.15) is 0 Å². The summed E-state index contributed by atoms with van der Waals surface area (Å²) in [6.07, 6.45) is 1.41. The number of ether oxygens (including phenoxy) is 1. The van der Waals surface area contributed by atoms with Crippen molar-refractivity contribution >= 4 is 11.6 Å². The van der Waals surface area contributed by atoms with Crippen LogP contribution in [-0.4, -0.2) is 16.6 Å². The van der Waals surface area contributed by atoms with Crippen molar-refractivity contribution in [3.8, 4) is 5.88 Å². The second-order valence-electron chi connectivity index (χ2n) is 3.30. The normalized spacial score (nSPS) is 10.5. The van der Waals surface area contributed by atoms with Crippen molar-refractivity contribution in [2.24, 2.45) is 5.92 Å². The lowest BCUT2D eigenvalue weighted by molar-refractivity contribution is 0.259. The van der Waals surface area contributed by atoms with E-state index in [4.69, 9.17) is 16.3 Å². The molecule has 0 radical (unpaired) electrons. The van der Waals surface area contributed by atoms with E-state index < -0.39 is 0 Å². The molecule has 72 valence electrons. The molecule has 0 saturated carbocycles. The zero-order valence-corrected chi connectivity index (χ0v) is 8.80. The summed E-state index contributed by atoms with van der Waals surface area (Å²) in [4.78, 5) is 7.83. The van der Waals surface area contributed by atoms with E-state index in [2.05, 4.69) is 23.8 Å². The van der Waals surface area contributed by atoms with E-state index in [9.17, 15) is 0 Å². The van der Waals surface area contributed by atoms with Gasteiger partial charge in [-0.25, -0.2) is 9.97 Å². The molecule has 1 aromatic heterocycles. The molecule has 1 heterocycles. The predicted molar refractivity (Wildman–Crippen MR) is 52.1 cm³/mol. The molecule has 0 bridgehead atoms. The molecule has 0 aliphatic carbocycles. The van der Waals surface area contributed by atoms with Crippen LogP contribution >= 0.6 is 11.6 Å². The van der Waals surface area contributed by atoms with Crippen LogP contribution < -0.4 is 4.74 Å². The van der Waals surface area contributed by atoms with Gasteiger partial charge >= 0.3 is 0 Å². The minimum absolute atomic E-state index is 0.453. The average molecular weight is 201 g/mol. The number of hydrogen-bond donors (Lipinski definition) is 0. The molecule has 0 aliphatic rings. The van der Waals surface area contributed by atoms with E-state index in [1.165, 1.54) is 6.33 Å². The summed E-state index contributed by atoms with van der Waals surface area (Å²) in [5.74, 6) is 1.06. The molecular formula is C9H13ClN2O. The fraction of sp³-hybridized carbons (Fsp3) is 0.556. The Morgan fingerprint density at radius 2 is 2.15 bits per heavy atom. The Kier molecular flexibility index (Phi) is 3.48. The molecule has 1 rings (SSSR count). The molecule has 0 amide bonds. The maximum atomic E-state index is 5.80. The van der Waals surface area contributed by atoms with Gasteiger partial charge in [-0.15, -0.1) is 0 Å². The van der Waals surface area contributed by atoms with E-state index in [1.807, 2.05) is 6.92 Å². The van der Waals surface area contributed by atoms with Gasteiger partial charge in [0.2, 0.25) is 5.88 Å². The van der Waals surface area contributed by atoms with Crippen molar-refractivity contribution in [1.29, 1.82) is 0 Å². The lowest BCUT2D eigenvalue weighted by atomic mass is 10.2. The quantitative estimate of drug-likeness (QED) is 0.704. The van der Waals surface area contributed by atoms with Gasteiger partial charge in [0.25, 0.3) is 0 Å². The van der Waals surface area contributed by atoms with Crippen LogP contribution in [0.5, 0.6) is 5.88 Å². The molecule has 0 aliphatic heterocycles. The van der Waals surface area contributed by atoms with Gasteiger partial charge in [-0.05, 0) is 12.8 Å². The van der Waals surface area contributed by atoms with Gasteiger partial charge in [0, 0.05) is 5.56 Å². The first-order chi connectivity index (χ1) is 6.11. The van der Waals surface area contributed by atoms with Crippen LogP contribution in [0.15, 0.2) is 6.33 Å². The summed E-state index contributed by atoms with van der Waals surface area (Å²) < 4.78 is 5.44. The van der Waals surface area contributed by atoms with Gasteiger partial charge in [-0.1, -0.05) is 25.4 Å². The fourth-order valence-electron chi connectivity index (χ4n) is 0.805. The standard InChI is InChI=1S/C9H13ClN2O/c1-6(2)4-13-9-7(3)8(10)11-5-12-9/h5-6H,4H2,1-3H3. The number of hydrogen-bond acceptors (Lipinski definition) is 3. The highest BCUT2D eigenvalue weighted by Gasteiger charge is 2.06. The van der Waals surface area contributed by atoms with E-state index in [-0.39, 0.29) is 0 Å². The third kappa shape index (κ3) is 2.84. The Morgan fingerprint density at radius 1 is 1.46 bits per heavy atom. The summed E-state index contributed by atoms with van der Waals surface area (Å²) in [5.41, 5.74) is 0.796. The van der Waals surface area contributed by atoms with Crippen molar-refractivity contribution in [2.75, 3.05) is 6.61 Å². The molecule has 0 aromatic carbocycles. The molecule has 0 fully saturated rings. The topological polar surface area (TPSA) is 35.0 Å². The molecule has 0 atom stereocenters. The second-order valence-corrected chi connectivity index (χ2v) is 3.66. The van der Waals surface area contributed by atoms with Crippen LogP contribution in [0.25, 0.3) is 0 Å². The first kappa shape index (κ1) is 10.3. The van der Waals surface area contributed by atoms with Crippen LogP contribution in [0.1, 0.15) is 19.4 Å². The van der Waals surface area contributed by atoms with E-state index in [1.54, 1.807) is 0 Å². The first-order valence-electron chi connectivity index (χ1n) is 4.21. The number of halogens is 1. The maximum absolute atomic E-state index is 5.80. The van der Waals surface area contributed by atoms with Gasteiger partial charge in [0.1, 0.15) is 11.5 Å². The zero-order valence-electron chi connectivity index (χ0n) is 8.04. The maximum Gasteiger partial charge on any atom is 0.220 e. The molecule has 13 heavy (non-hydrogen) atoms. The summed E-state index contributed by atoms with van der Waals surface area (Å²) in [6.45, 7) is 6.66. The Balaban J connectivity index is 2.71. The Bertz CT molecular complexity index is 289. The summed E-state index contributed by atoms with van der Waals surface area (Å²) >= 11 is 5.80. The first-order valence-corrected chi connectivity index (χ1v) is 4.59. The lowest BCUT2D eigenvalue weighted by Gasteiger charge is -2.09. The largest absolute Gasteiger partial charge is 0.477 e. The van der Waals surface area contributed by atoms with Crippen LogP contribution in [0.3, 0.4) is 0 Å². The van der Waals surface area contributed by atoms with E-state index in [0.29, 0.717) is 23.6 Å². The Hall–Kier alpha value is -0.830. The van der Waals surface area contributed by atoms with Crippen molar-refractivity contribution in [1.82, 2.24) is 9.97 Å². The molecule has 4 heteroatoms. The van der Waals surface area contributed by atoms with Gasteiger partial charge in [0.05, 0.1) is 6.61 Å². The minimum Gasteiger partial charge on any atom is -0.477 e. The fourth-order valence-corrected chi connectivity index (χ4v) is 0.929. The molecule has 3 nitrogen and oxygen atoms in total. The molecular weight excluding hydrogens is 188 g/mol. The van der Waals surface area contributed by atoms with Crippen molar-refractivity contribution in [3.05, 3.63) is 17.0 Å². The molecule has 0 saturated heterocycles. The van der Waals surface area contributed by atoms with Crippen molar-refractivity contribution in [2.45, 2.75) is 20.8 Å². The van der Waals surface area contributed by atoms with Crippen molar-refractivity contribution < 1.29 is 4.74 Å². The molecule has 0 unspecified atom stereocenters. The lowest BCUT2D eigenvalue weighted by Crippen LogP contribution is -2.07. The highest BCUT2D eigenvalue weighted by molar-refractivity contribution is 6.30. The average Bonchev–Trinajstić information content (AvgIpc) is 2.07.